The van der Waals surface area contributed by atoms with Crippen LogP contribution in [0, 0.1) is 5.82 Å². The van der Waals surface area contributed by atoms with Gasteiger partial charge in [0, 0.05) is 16.9 Å². The van der Waals surface area contributed by atoms with Crippen LogP contribution in [0.5, 0.6) is 0 Å². The second-order valence-electron chi connectivity index (χ2n) is 4.74. The third kappa shape index (κ3) is 6.70. The van der Waals surface area contributed by atoms with Gasteiger partial charge in [0.1, 0.15) is 5.82 Å². The summed E-state index contributed by atoms with van der Waals surface area (Å²) in [6, 6.07) is 3.94. The van der Waals surface area contributed by atoms with Gasteiger partial charge in [-0.3, -0.25) is 0 Å². The van der Waals surface area contributed by atoms with Crippen molar-refractivity contribution in [2.75, 3.05) is 6.54 Å². The molecule has 20 heavy (non-hydrogen) atoms. The molecule has 0 fully saturated rings. The smallest absolute Gasteiger partial charge is 0.314 e. The molecule has 1 atom stereocenters. The number of hydrogen-bond donors (Lipinski definition) is 1. The molecule has 1 aromatic rings. The number of hydrogen-bond acceptors (Lipinski definition) is 1. The minimum Gasteiger partial charge on any atom is -0.314 e. The van der Waals surface area contributed by atoms with Gasteiger partial charge in [-0.2, -0.15) is 13.2 Å². The van der Waals surface area contributed by atoms with Gasteiger partial charge < -0.3 is 5.32 Å². The van der Waals surface area contributed by atoms with E-state index in [0.717, 1.165) is 6.42 Å². The first-order valence-corrected chi connectivity index (χ1v) is 7.35. The van der Waals surface area contributed by atoms with Gasteiger partial charge in [0.15, 0.2) is 0 Å². The fourth-order valence-corrected chi connectivity index (χ4v) is 2.34. The molecule has 0 aromatic heterocycles. The zero-order valence-electron chi connectivity index (χ0n) is 11.2. The highest BCUT2D eigenvalue weighted by Gasteiger charge is 2.28. The quantitative estimate of drug-likeness (QED) is 0.690. The van der Waals surface area contributed by atoms with Crippen LogP contribution in [0.2, 0.25) is 0 Å². The SMILES string of the molecule is CCCNC(CCC(F)(F)F)Cc1cc(F)ccc1Br. The maximum absolute atomic E-state index is 13.2. The highest BCUT2D eigenvalue weighted by molar-refractivity contribution is 9.10. The summed E-state index contributed by atoms with van der Waals surface area (Å²) in [5.41, 5.74) is 0.681. The molecular formula is C14H18BrF4N. The molecule has 0 saturated carbocycles. The molecule has 1 nitrogen and oxygen atoms in total. The van der Waals surface area contributed by atoms with Crippen molar-refractivity contribution in [2.24, 2.45) is 0 Å². The van der Waals surface area contributed by atoms with Crippen molar-refractivity contribution in [2.45, 2.75) is 44.8 Å². The summed E-state index contributed by atoms with van der Waals surface area (Å²) in [5, 5.41) is 3.09. The molecule has 0 heterocycles. The summed E-state index contributed by atoms with van der Waals surface area (Å²) >= 11 is 3.30. The van der Waals surface area contributed by atoms with E-state index in [4.69, 9.17) is 0 Å². The zero-order chi connectivity index (χ0) is 15.2. The summed E-state index contributed by atoms with van der Waals surface area (Å²) in [5.74, 6) is -0.381. The summed E-state index contributed by atoms with van der Waals surface area (Å²) in [6.45, 7) is 2.60. The predicted molar refractivity (Wildman–Crippen MR) is 75.2 cm³/mol. The van der Waals surface area contributed by atoms with E-state index in [9.17, 15) is 17.6 Å². The molecule has 6 heteroatoms. The Kier molecular flexibility index (Phi) is 6.95. The van der Waals surface area contributed by atoms with Crippen molar-refractivity contribution >= 4 is 15.9 Å². The van der Waals surface area contributed by atoms with E-state index in [0.29, 0.717) is 23.0 Å². The Hall–Kier alpha value is -0.620. The first-order valence-electron chi connectivity index (χ1n) is 6.56. The van der Waals surface area contributed by atoms with Crippen molar-refractivity contribution < 1.29 is 17.6 Å². The highest BCUT2D eigenvalue weighted by atomic mass is 79.9. The van der Waals surface area contributed by atoms with Gasteiger partial charge in [0.25, 0.3) is 0 Å². The highest BCUT2D eigenvalue weighted by Crippen LogP contribution is 2.25. The molecule has 0 bridgehead atoms. The van der Waals surface area contributed by atoms with Gasteiger partial charge in [0.2, 0.25) is 0 Å². The molecular weight excluding hydrogens is 338 g/mol. The monoisotopic (exact) mass is 355 g/mol. The van der Waals surface area contributed by atoms with Crippen molar-refractivity contribution in [1.29, 1.82) is 0 Å². The Morgan fingerprint density at radius 2 is 2.00 bits per heavy atom. The lowest BCUT2D eigenvalue weighted by Gasteiger charge is -2.20. The van der Waals surface area contributed by atoms with E-state index in [1.54, 1.807) is 6.07 Å². The first kappa shape index (κ1) is 17.4. The minimum atomic E-state index is -4.16. The van der Waals surface area contributed by atoms with Crippen molar-refractivity contribution in [3.63, 3.8) is 0 Å². The average Bonchev–Trinajstić information content (AvgIpc) is 2.36. The van der Waals surface area contributed by atoms with Crippen molar-refractivity contribution in [3.8, 4) is 0 Å². The van der Waals surface area contributed by atoms with E-state index in [2.05, 4.69) is 21.2 Å². The Morgan fingerprint density at radius 1 is 1.30 bits per heavy atom. The summed E-state index contributed by atoms with van der Waals surface area (Å²) < 4.78 is 50.9. The van der Waals surface area contributed by atoms with E-state index in [1.165, 1.54) is 12.1 Å². The van der Waals surface area contributed by atoms with Gasteiger partial charge in [-0.25, -0.2) is 4.39 Å². The second kappa shape index (κ2) is 7.98. The number of rotatable bonds is 7. The van der Waals surface area contributed by atoms with Crippen LogP contribution in [0.4, 0.5) is 17.6 Å². The van der Waals surface area contributed by atoms with E-state index in [-0.39, 0.29) is 18.3 Å². The maximum Gasteiger partial charge on any atom is 0.389 e. The molecule has 1 rings (SSSR count). The van der Waals surface area contributed by atoms with Gasteiger partial charge in [0.05, 0.1) is 0 Å². The van der Waals surface area contributed by atoms with Gasteiger partial charge in [-0.05, 0) is 49.6 Å². The lowest BCUT2D eigenvalue weighted by molar-refractivity contribution is -0.136. The van der Waals surface area contributed by atoms with E-state index >= 15 is 0 Å². The molecule has 0 radical (unpaired) electrons. The summed E-state index contributed by atoms with van der Waals surface area (Å²) in [6.07, 6.45) is -3.79. The molecule has 1 N–H and O–H groups in total. The molecule has 1 aromatic carbocycles. The topological polar surface area (TPSA) is 12.0 Å². The largest absolute Gasteiger partial charge is 0.389 e. The van der Waals surface area contributed by atoms with Crippen LogP contribution < -0.4 is 5.32 Å². The zero-order valence-corrected chi connectivity index (χ0v) is 12.8. The third-order valence-electron chi connectivity index (χ3n) is 2.93. The Morgan fingerprint density at radius 3 is 2.60 bits per heavy atom. The normalized spacial score (nSPS) is 13.5. The van der Waals surface area contributed by atoms with Crippen LogP contribution in [0.3, 0.4) is 0 Å². The molecule has 1 unspecified atom stereocenters. The molecule has 0 aliphatic rings. The number of nitrogens with one attached hydrogen (secondary N) is 1. The number of benzene rings is 1. The number of halogens is 5. The molecule has 0 aliphatic carbocycles. The van der Waals surface area contributed by atoms with Gasteiger partial charge in [-0.1, -0.05) is 22.9 Å². The molecule has 0 saturated heterocycles. The molecule has 0 spiro atoms. The van der Waals surface area contributed by atoms with Crippen LogP contribution in [-0.2, 0) is 6.42 Å². The van der Waals surface area contributed by atoms with Gasteiger partial charge >= 0.3 is 6.18 Å². The Balaban J connectivity index is 2.70. The minimum absolute atomic E-state index is 0.00749. The van der Waals surface area contributed by atoms with Crippen LogP contribution in [0.25, 0.3) is 0 Å². The van der Waals surface area contributed by atoms with Crippen LogP contribution in [0.15, 0.2) is 22.7 Å². The van der Waals surface area contributed by atoms with Crippen LogP contribution in [0.1, 0.15) is 31.7 Å². The standard InChI is InChI=1S/C14H18BrF4N/c1-2-7-20-12(5-6-14(17,18)19)9-10-8-11(16)3-4-13(10)15/h3-4,8,12,20H,2,5-7,9H2,1H3. The van der Waals surface area contributed by atoms with Gasteiger partial charge in [-0.15, -0.1) is 0 Å². The van der Waals surface area contributed by atoms with E-state index < -0.39 is 12.6 Å². The Bertz CT molecular complexity index is 420. The summed E-state index contributed by atoms with van der Waals surface area (Å²) in [4.78, 5) is 0. The molecule has 0 aliphatic heterocycles. The molecule has 114 valence electrons. The summed E-state index contributed by atoms with van der Waals surface area (Å²) in [7, 11) is 0. The van der Waals surface area contributed by atoms with E-state index in [1.807, 2.05) is 6.92 Å². The van der Waals surface area contributed by atoms with Crippen LogP contribution >= 0.6 is 15.9 Å². The first-order chi connectivity index (χ1) is 9.31. The van der Waals surface area contributed by atoms with Crippen LogP contribution in [-0.4, -0.2) is 18.8 Å². The third-order valence-corrected chi connectivity index (χ3v) is 3.71. The molecule has 0 amide bonds. The lowest BCUT2D eigenvalue weighted by atomic mass is 10.0. The average molecular weight is 356 g/mol. The maximum atomic E-state index is 13.2. The van der Waals surface area contributed by atoms with Crippen molar-refractivity contribution in [3.05, 3.63) is 34.1 Å². The van der Waals surface area contributed by atoms with Crippen molar-refractivity contribution in [1.82, 2.24) is 5.32 Å². The fraction of sp³-hybridized carbons (Fsp3) is 0.571. The predicted octanol–water partition coefficient (Wildman–Crippen LogP) is 4.84. The second-order valence-corrected chi connectivity index (χ2v) is 5.60. The number of alkyl halides is 3. The Labute approximate surface area is 124 Å². The lowest BCUT2D eigenvalue weighted by Crippen LogP contribution is -2.33. The fourth-order valence-electron chi connectivity index (χ4n) is 1.93.